The molecule has 2 aromatic carbocycles. The zero-order valence-corrected chi connectivity index (χ0v) is 21.1. The Morgan fingerprint density at radius 2 is 1.82 bits per heavy atom. The highest BCUT2D eigenvalue weighted by Crippen LogP contribution is 2.37. The van der Waals surface area contributed by atoms with Crippen molar-refractivity contribution in [3.05, 3.63) is 103 Å². The molecule has 3 aromatic heterocycles. The normalized spacial score (nSPS) is 15.6. The number of carbonyl (C=O) groups excluding carboxylic acids is 1. The minimum absolute atomic E-state index is 0.00217. The number of pyridine rings is 1. The van der Waals surface area contributed by atoms with Crippen LogP contribution in [0, 0.1) is 11.6 Å². The summed E-state index contributed by atoms with van der Waals surface area (Å²) in [7, 11) is -4.19. The lowest BCUT2D eigenvalue weighted by Gasteiger charge is -2.27. The number of halogens is 2. The van der Waals surface area contributed by atoms with Crippen LogP contribution in [0.3, 0.4) is 0 Å². The van der Waals surface area contributed by atoms with E-state index >= 15 is 0 Å². The maximum Gasteiger partial charge on any atom is 0.283 e. The van der Waals surface area contributed by atoms with Gasteiger partial charge in [0.1, 0.15) is 35.6 Å². The van der Waals surface area contributed by atoms with Crippen molar-refractivity contribution in [2.24, 2.45) is 0 Å². The molecule has 1 atom stereocenters. The van der Waals surface area contributed by atoms with Crippen molar-refractivity contribution in [1.29, 1.82) is 0 Å². The summed E-state index contributed by atoms with van der Waals surface area (Å²) in [6, 6.07) is 12.3. The first-order chi connectivity index (χ1) is 18.8. The fourth-order valence-corrected chi connectivity index (χ4v) is 5.79. The molecule has 0 bridgehead atoms. The predicted octanol–water partition coefficient (Wildman–Crippen LogP) is 3.65. The molecule has 0 saturated carbocycles. The minimum atomic E-state index is -4.19. The molecule has 10 nitrogen and oxygen atoms in total. The topological polar surface area (TPSA) is 114 Å². The van der Waals surface area contributed by atoms with Gasteiger partial charge in [0.25, 0.3) is 15.9 Å². The minimum Gasteiger partial charge on any atom is -0.363 e. The molecule has 1 N–H and O–H groups in total. The molecule has 0 aliphatic carbocycles. The number of amides is 1. The molecular formula is C26H21F2N7O3S. The fourth-order valence-electron chi connectivity index (χ4n) is 4.83. The number of nitrogens with zero attached hydrogens (tertiary/aromatic N) is 6. The Morgan fingerprint density at radius 3 is 2.59 bits per heavy atom. The lowest BCUT2D eigenvalue weighted by molar-refractivity contribution is 0.0975. The molecule has 1 saturated heterocycles. The van der Waals surface area contributed by atoms with Gasteiger partial charge >= 0.3 is 0 Å². The van der Waals surface area contributed by atoms with Crippen LogP contribution in [0.5, 0.6) is 0 Å². The number of carbonyl (C=O) groups is 1. The third kappa shape index (κ3) is 4.61. The molecule has 1 aliphatic rings. The summed E-state index contributed by atoms with van der Waals surface area (Å²) in [4.78, 5) is 23.0. The predicted molar refractivity (Wildman–Crippen MR) is 137 cm³/mol. The lowest BCUT2D eigenvalue weighted by atomic mass is 10.0. The highest BCUT2D eigenvalue weighted by Gasteiger charge is 2.29. The first-order valence-corrected chi connectivity index (χ1v) is 13.5. The molecule has 5 aromatic rings. The Bertz CT molecular complexity index is 1790. The average Bonchev–Trinajstić information content (AvgIpc) is 3.70. The van der Waals surface area contributed by atoms with Crippen LogP contribution in [0.25, 0.3) is 11.3 Å². The summed E-state index contributed by atoms with van der Waals surface area (Å²) in [5.74, 6) is -1.87. The Kier molecular flexibility index (Phi) is 6.06. The molecule has 1 unspecified atom stereocenters. The second-order valence-electron chi connectivity index (χ2n) is 9.04. The van der Waals surface area contributed by atoms with Gasteiger partial charge in [-0.05, 0) is 67.4 Å². The van der Waals surface area contributed by atoms with Crippen molar-refractivity contribution in [3.8, 4) is 5.69 Å². The summed E-state index contributed by atoms with van der Waals surface area (Å²) < 4.78 is 59.3. The summed E-state index contributed by atoms with van der Waals surface area (Å²) in [6.45, 7) is 0.599. The van der Waals surface area contributed by atoms with E-state index in [1.54, 1.807) is 30.5 Å². The fraction of sp³-hybridized carbons (Fsp3) is 0.154. The van der Waals surface area contributed by atoms with Crippen molar-refractivity contribution < 1.29 is 22.0 Å². The molecule has 0 spiro atoms. The van der Waals surface area contributed by atoms with Gasteiger partial charge in [-0.1, -0.05) is 0 Å². The third-order valence-corrected chi connectivity index (χ3v) is 8.03. The van der Waals surface area contributed by atoms with Crippen molar-refractivity contribution in [2.45, 2.75) is 23.8 Å². The first kappa shape index (κ1) is 24.7. The lowest BCUT2D eigenvalue weighted by Crippen LogP contribution is -2.31. The van der Waals surface area contributed by atoms with E-state index in [1.807, 2.05) is 4.90 Å². The third-order valence-electron chi connectivity index (χ3n) is 6.68. The van der Waals surface area contributed by atoms with Gasteiger partial charge < -0.3 is 4.90 Å². The van der Waals surface area contributed by atoms with Crippen LogP contribution in [-0.4, -0.2) is 45.0 Å². The number of imidazole rings is 1. The van der Waals surface area contributed by atoms with Gasteiger partial charge in [-0.25, -0.2) is 36.6 Å². The molecule has 1 fully saturated rings. The van der Waals surface area contributed by atoms with Crippen LogP contribution >= 0.6 is 0 Å². The number of rotatable bonds is 6. The molecule has 1 amide bonds. The standard InChI is InChI=1S/C26H21F2N7O3S/c27-17-3-9-22(28)21(12-17)23-2-1-11-33(23)19-6-10-25-30-13-24(34(25)14-19)26(36)32-39(37,38)20-7-4-18(5-8-20)35-16-29-15-31-35/h3-10,12-16,23H,1-2,11H2,(H,32,36). The maximum atomic E-state index is 14.5. The van der Waals surface area contributed by atoms with E-state index in [0.717, 1.165) is 18.6 Å². The molecule has 4 heterocycles. The van der Waals surface area contributed by atoms with Gasteiger partial charge in [-0.3, -0.25) is 9.20 Å². The maximum absolute atomic E-state index is 14.5. The van der Waals surface area contributed by atoms with Crippen LogP contribution in [0.2, 0.25) is 0 Å². The van der Waals surface area contributed by atoms with E-state index < -0.39 is 27.6 Å². The van der Waals surface area contributed by atoms with Gasteiger partial charge in [-0.2, -0.15) is 5.10 Å². The second kappa shape index (κ2) is 9.58. The molecular weight excluding hydrogens is 528 g/mol. The van der Waals surface area contributed by atoms with E-state index in [1.165, 1.54) is 46.1 Å². The van der Waals surface area contributed by atoms with E-state index in [-0.39, 0.29) is 22.2 Å². The van der Waals surface area contributed by atoms with Crippen molar-refractivity contribution >= 4 is 27.3 Å². The molecule has 13 heteroatoms. The van der Waals surface area contributed by atoms with E-state index in [9.17, 15) is 22.0 Å². The second-order valence-corrected chi connectivity index (χ2v) is 10.7. The van der Waals surface area contributed by atoms with E-state index in [0.29, 0.717) is 30.0 Å². The number of anilines is 1. The van der Waals surface area contributed by atoms with Crippen LogP contribution in [-0.2, 0) is 10.0 Å². The van der Waals surface area contributed by atoms with Gasteiger partial charge in [0.05, 0.1) is 28.5 Å². The number of nitrogens with one attached hydrogen (secondary N) is 1. The number of hydrogen-bond acceptors (Lipinski definition) is 7. The monoisotopic (exact) mass is 549 g/mol. The summed E-state index contributed by atoms with van der Waals surface area (Å²) >= 11 is 0. The van der Waals surface area contributed by atoms with Gasteiger partial charge in [0.2, 0.25) is 0 Å². The zero-order chi connectivity index (χ0) is 27.1. The Hall–Kier alpha value is -4.65. The summed E-state index contributed by atoms with van der Waals surface area (Å²) in [6.07, 6.45) is 7.16. The summed E-state index contributed by atoms with van der Waals surface area (Å²) in [5.41, 5.74) is 1.95. The zero-order valence-electron chi connectivity index (χ0n) is 20.3. The quantitative estimate of drug-likeness (QED) is 0.344. The van der Waals surface area contributed by atoms with Crippen LogP contribution in [0.1, 0.15) is 34.9 Å². The Balaban J connectivity index is 1.27. The van der Waals surface area contributed by atoms with Crippen LogP contribution in [0.15, 0.2) is 84.5 Å². The molecule has 39 heavy (non-hydrogen) atoms. The largest absolute Gasteiger partial charge is 0.363 e. The first-order valence-electron chi connectivity index (χ1n) is 12.0. The van der Waals surface area contributed by atoms with Crippen molar-refractivity contribution in [1.82, 2.24) is 28.9 Å². The molecule has 0 radical (unpaired) electrons. The highest BCUT2D eigenvalue weighted by molar-refractivity contribution is 7.90. The van der Waals surface area contributed by atoms with Crippen LogP contribution in [0.4, 0.5) is 14.5 Å². The number of hydrogen-bond donors (Lipinski definition) is 1. The Labute approximate surface area is 221 Å². The Morgan fingerprint density at radius 1 is 1.03 bits per heavy atom. The van der Waals surface area contributed by atoms with Crippen LogP contribution < -0.4 is 9.62 Å². The number of aromatic nitrogens is 5. The number of sulfonamides is 1. The van der Waals surface area contributed by atoms with Gasteiger partial charge in [0.15, 0.2) is 0 Å². The molecule has 198 valence electrons. The average molecular weight is 550 g/mol. The van der Waals surface area contributed by atoms with Gasteiger partial charge in [-0.15, -0.1) is 0 Å². The number of benzene rings is 2. The smallest absolute Gasteiger partial charge is 0.283 e. The molecule has 1 aliphatic heterocycles. The van der Waals surface area contributed by atoms with Gasteiger partial charge in [0, 0.05) is 18.3 Å². The van der Waals surface area contributed by atoms with E-state index in [2.05, 4.69) is 19.8 Å². The van der Waals surface area contributed by atoms with E-state index in [4.69, 9.17) is 0 Å². The molecule has 6 rings (SSSR count). The summed E-state index contributed by atoms with van der Waals surface area (Å²) in [5, 5.41) is 3.99. The van der Waals surface area contributed by atoms with Crippen molar-refractivity contribution in [2.75, 3.05) is 11.4 Å². The SMILES string of the molecule is O=C(NS(=O)(=O)c1ccc(-n2cncn2)cc1)c1cnc2ccc(N3CCCC3c3cc(F)ccc3F)cn12. The van der Waals surface area contributed by atoms with Crippen molar-refractivity contribution in [3.63, 3.8) is 0 Å². The highest BCUT2D eigenvalue weighted by atomic mass is 32.2. The number of fused-ring (bicyclic) bond motifs is 1.